The first-order valence-electron chi connectivity index (χ1n) is 15.5. The Morgan fingerprint density at radius 1 is 1.07 bits per heavy atom. The van der Waals surface area contributed by atoms with E-state index < -0.39 is 17.6 Å². The van der Waals surface area contributed by atoms with Gasteiger partial charge in [-0.3, -0.25) is 9.59 Å². The Balaban J connectivity index is 1.19. The molecule has 1 heterocycles. The van der Waals surface area contributed by atoms with Crippen molar-refractivity contribution in [3.63, 3.8) is 0 Å². The van der Waals surface area contributed by atoms with Crippen LogP contribution in [-0.4, -0.2) is 58.3 Å². The summed E-state index contributed by atoms with van der Waals surface area (Å²) in [6.45, 7) is 11.2. The number of aliphatic carboxylic acids is 1. The number of carboxylic acid groups (broad SMARTS) is 1. The van der Waals surface area contributed by atoms with Gasteiger partial charge in [0.05, 0.1) is 23.3 Å². The molecule has 224 valence electrons. The average Bonchev–Trinajstić information content (AvgIpc) is 3.11. The number of ether oxygens (including phenoxy) is 1. The van der Waals surface area contributed by atoms with Crippen LogP contribution in [0.3, 0.4) is 0 Å². The molecule has 3 saturated carbocycles. The molecule has 0 bridgehead atoms. The molecule has 0 aromatic rings. The van der Waals surface area contributed by atoms with E-state index in [-0.39, 0.29) is 41.3 Å². The minimum atomic E-state index is -0.928. The Kier molecular flexibility index (Phi) is 7.92. The van der Waals surface area contributed by atoms with Crippen LogP contribution in [0.2, 0.25) is 0 Å². The van der Waals surface area contributed by atoms with Gasteiger partial charge in [0.1, 0.15) is 0 Å². The molecule has 5 rings (SSSR count). The smallest absolute Gasteiger partial charge is 0.305 e. The van der Waals surface area contributed by atoms with Gasteiger partial charge >= 0.3 is 5.97 Å². The Hall–Kier alpha value is -1.93. The maximum Gasteiger partial charge on any atom is 0.305 e. The van der Waals surface area contributed by atoms with E-state index in [0.29, 0.717) is 30.8 Å². The summed E-state index contributed by atoms with van der Waals surface area (Å²) in [7, 11) is 0. The molecule has 1 saturated heterocycles. The quantitative estimate of drug-likeness (QED) is 0.368. The number of hydrogen-bond acceptors (Lipinski definition) is 6. The molecule has 1 amide bonds. The lowest BCUT2D eigenvalue weighted by atomic mass is 9.46. The van der Waals surface area contributed by atoms with Crippen LogP contribution in [0, 0.1) is 34.5 Å². The molecule has 4 fully saturated rings. The number of amides is 1. The summed E-state index contributed by atoms with van der Waals surface area (Å²) in [5, 5.41) is 27.8. The van der Waals surface area contributed by atoms with Gasteiger partial charge in [-0.05, 0) is 126 Å². The normalized spacial score (nSPS) is 42.1. The number of aliphatic hydroxyl groups is 1. The second kappa shape index (κ2) is 10.7. The predicted molar refractivity (Wildman–Crippen MR) is 153 cm³/mol. The third-order valence-electron chi connectivity index (χ3n) is 12.0. The standard InChI is InChI=1S/C32H50N2O6/c1-29(2)18-20(11-15-39-29)26(17-28(36)37)33-27(35)19-40-34-22-8-12-30(3)21(16-22)6-7-23-24(30)9-13-31(4)25(23)10-14-32(31,5)38/h16,20,23-26,38H,6-15,17-19H2,1-5H3,(H,33,35)(H,36,37)/t20?,23-,24?,25?,26?,30+,31+,32+/m1/s1. The van der Waals surface area contributed by atoms with E-state index >= 15 is 0 Å². The highest BCUT2D eigenvalue weighted by molar-refractivity contribution is 5.96. The van der Waals surface area contributed by atoms with Gasteiger partial charge in [-0.15, -0.1) is 0 Å². The second-order valence-corrected chi connectivity index (χ2v) is 14.8. The van der Waals surface area contributed by atoms with E-state index in [1.54, 1.807) is 0 Å². The van der Waals surface area contributed by atoms with E-state index in [2.05, 4.69) is 37.3 Å². The monoisotopic (exact) mass is 558 g/mol. The molecule has 4 unspecified atom stereocenters. The first-order chi connectivity index (χ1) is 18.7. The van der Waals surface area contributed by atoms with Gasteiger partial charge in [0.15, 0.2) is 6.61 Å². The molecular weight excluding hydrogens is 508 g/mol. The molecule has 8 heteroatoms. The van der Waals surface area contributed by atoms with Crippen molar-refractivity contribution in [2.24, 2.45) is 39.7 Å². The summed E-state index contributed by atoms with van der Waals surface area (Å²) >= 11 is 0. The fourth-order valence-electron chi connectivity index (χ4n) is 9.45. The van der Waals surface area contributed by atoms with Crippen molar-refractivity contribution >= 4 is 17.6 Å². The van der Waals surface area contributed by atoms with Gasteiger partial charge in [-0.1, -0.05) is 24.6 Å². The molecule has 1 aliphatic heterocycles. The minimum absolute atomic E-state index is 0.0336. The number of hydrogen-bond donors (Lipinski definition) is 3. The molecular formula is C32H50N2O6. The summed E-state index contributed by atoms with van der Waals surface area (Å²) in [5.41, 5.74) is 1.66. The largest absolute Gasteiger partial charge is 0.481 e. The lowest BCUT2D eigenvalue weighted by Crippen LogP contribution is -2.53. The van der Waals surface area contributed by atoms with Crippen LogP contribution in [0.5, 0.6) is 0 Å². The molecule has 0 aromatic carbocycles. The summed E-state index contributed by atoms with van der Waals surface area (Å²) < 4.78 is 5.77. The molecule has 5 aliphatic rings. The van der Waals surface area contributed by atoms with Crippen molar-refractivity contribution in [2.45, 2.75) is 122 Å². The summed E-state index contributed by atoms with van der Waals surface area (Å²) in [6.07, 6.45) is 11.9. The number of nitrogens with one attached hydrogen (secondary N) is 1. The lowest BCUT2D eigenvalue weighted by molar-refractivity contribution is -0.139. The van der Waals surface area contributed by atoms with Crippen LogP contribution in [0.15, 0.2) is 16.8 Å². The van der Waals surface area contributed by atoms with Crippen molar-refractivity contribution in [2.75, 3.05) is 13.2 Å². The number of nitrogens with zero attached hydrogens (tertiary/aromatic N) is 1. The van der Waals surface area contributed by atoms with Gasteiger partial charge in [0, 0.05) is 12.6 Å². The number of oxime groups is 1. The zero-order valence-corrected chi connectivity index (χ0v) is 25.1. The topological polar surface area (TPSA) is 117 Å². The molecule has 0 spiro atoms. The van der Waals surface area contributed by atoms with Crippen LogP contribution >= 0.6 is 0 Å². The van der Waals surface area contributed by atoms with Crippen molar-refractivity contribution < 1.29 is 29.4 Å². The maximum absolute atomic E-state index is 12.7. The molecule has 0 aromatic heterocycles. The Labute approximate surface area is 239 Å². The van der Waals surface area contributed by atoms with E-state index in [4.69, 9.17) is 9.57 Å². The molecule has 40 heavy (non-hydrogen) atoms. The first kappa shape index (κ1) is 29.6. The summed E-state index contributed by atoms with van der Waals surface area (Å²) in [5.74, 6) is 0.699. The molecule has 8 atom stereocenters. The third kappa shape index (κ3) is 5.47. The average molecular weight is 559 g/mol. The molecule has 8 nitrogen and oxygen atoms in total. The number of carbonyl (C=O) groups excluding carboxylic acids is 1. The summed E-state index contributed by atoms with van der Waals surface area (Å²) in [4.78, 5) is 29.7. The van der Waals surface area contributed by atoms with Crippen LogP contribution in [0.25, 0.3) is 0 Å². The van der Waals surface area contributed by atoms with Gasteiger partial charge in [-0.2, -0.15) is 0 Å². The maximum atomic E-state index is 12.7. The highest BCUT2D eigenvalue weighted by Gasteiger charge is 2.62. The molecule has 0 radical (unpaired) electrons. The number of fused-ring (bicyclic) bond motifs is 5. The van der Waals surface area contributed by atoms with Crippen molar-refractivity contribution in [3.05, 3.63) is 11.6 Å². The Morgan fingerprint density at radius 3 is 2.55 bits per heavy atom. The zero-order valence-electron chi connectivity index (χ0n) is 25.1. The number of carboxylic acids is 1. The number of allylic oxidation sites excluding steroid dienone is 2. The van der Waals surface area contributed by atoms with Gasteiger partial charge < -0.3 is 25.1 Å². The molecule has 4 aliphatic carbocycles. The lowest BCUT2D eigenvalue weighted by Gasteiger charge is -2.59. The van der Waals surface area contributed by atoms with Gasteiger partial charge in [0.2, 0.25) is 0 Å². The molecule has 3 N–H and O–H groups in total. The fourth-order valence-corrected chi connectivity index (χ4v) is 9.45. The highest BCUT2D eigenvalue weighted by Crippen LogP contribution is 2.67. The SMILES string of the molecule is CC1(C)CC(C(CC(=O)O)NC(=O)CON=C2C=C3CC[C@@H]4C(CC[C@@]5(C)C4CC[C@]5(C)O)[C@@]3(C)CC2)CCO1. The van der Waals surface area contributed by atoms with Crippen molar-refractivity contribution in [1.29, 1.82) is 0 Å². The van der Waals surface area contributed by atoms with Crippen LogP contribution < -0.4 is 5.32 Å². The Morgan fingerprint density at radius 2 is 1.82 bits per heavy atom. The predicted octanol–water partition coefficient (Wildman–Crippen LogP) is 5.24. The highest BCUT2D eigenvalue weighted by atomic mass is 16.6. The second-order valence-electron chi connectivity index (χ2n) is 14.8. The van der Waals surface area contributed by atoms with Crippen molar-refractivity contribution in [3.8, 4) is 0 Å². The van der Waals surface area contributed by atoms with Gasteiger partial charge in [0.25, 0.3) is 5.91 Å². The van der Waals surface area contributed by atoms with E-state index in [0.717, 1.165) is 50.7 Å². The van der Waals surface area contributed by atoms with Gasteiger partial charge in [-0.25, -0.2) is 0 Å². The first-order valence-corrected chi connectivity index (χ1v) is 15.5. The number of rotatable bonds is 7. The van der Waals surface area contributed by atoms with E-state index in [9.17, 15) is 19.8 Å². The van der Waals surface area contributed by atoms with Crippen LogP contribution in [-0.2, 0) is 19.2 Å². The third-order valence-corrected chi connectivity index (χ3v) is 12.0. The fraction of sp³-hybridized carbons (Fsp3) is 0.844. The minimum Gasteiger partial charge on any atom is -0.481 e. The van der Waals surface area contributed by atoms with Crippen molar-refractivity contribution in [1.82, 2.24) is 5.32 Å². The summed E-state index contributed by atoms with van der Waals surface area (Å²) in [6, 6.07) is -0.460. The zero-order chi connectivity index (χ0) is 28.9. The van der Waals surface area contributed by atoms with Crippen LogP contribution in [0.4, 0.5) is 0 Å². The Bertz CT molecular complexity index is 1070. The number of carbonyl (C=O) groups is 2. The van der Waals surface area contributed by atoms with E-state index in [1.165, 1.54) is 18.4 Å². The van der Waals surface area contributed by atoms with Crippen LogP contribution in [0.1, 0.15) is 105 Å². The van der Waals surface area contributed by atoms with E-state index in [1.807, 2.05) is 13.8 Å².